The van der Waals surface area contributed by atoms with Gasteiger partial charge in [0.15, 0.2) is 14.6 Å². The highest BCUT2D eigenvalue weighted by Crippen LogP contribution is 2.24. The number of aromatic nitrogens is 3. The van der Waals surface area contributed by atoms with Crippen LogP contribution in [-0.2, 0) is 21.2 Å². The minimum atomic E-state index is -3.85. The first-order valence-electron chi connectivity index (χ1n) is 9.75. The number of aryl methyl sites for hydroxylation is 1. The molecule has 0 aliphatic carbocycles. The molecule has 0 aliphatic heterocycles. The number of nitrogens with zero attached hydrogens (tertiary/aromatic N) is 4. The number of amides is 1. The Morgan fingerprint density at radius 1 is 1.19 bits per heavy atom. The zero-order valence-electron chi connectivity index (χ0n) is 18.2. The van der Waals surface area contributed by atoms with Crippen molar-refractivity contribution < 1.29 is 18.4 Å². The number of carbonyl (C=O) groups is 1. The van der Waals surface area contributed by atoms with Crippen LogP contribution in [0.5, 0.6) is 0 Å². The summed E-state index contributed by atoms with van der Waals surface area (Å²) in [4.78, 5) is 35.3. The number of hydroxylamine groups is 1. The van der Waals surface area contributed by atoms with Gasteiger partial charge in [-0.3, -0.25) is 14.8 Å². The fourth-order valence-corrected chi connectivity index (χ4v) is 4.11. The molecule has 1 amide bonds. The van der Waals surface area contributed by atoms with Gasteiger partial charge < -0.3 is 9.47 Å². The van der Waals surface area contributed by atoms with E-state index >= 15 is 0 Å². The highest BCUT2D eigenvalue weighted by molar-refractivity contribution is 7.92. The molecular weight excluding hydrogens is 434 g/mol. The Morgan fingerprint density at radius 2 is 1.84 bits per heavy atom. The van der Waals surface area contributed by atoms with Crippen molar-refractivity contribution in [3.63, 3.8) is 0 Å². The van der Waals surface area contributed by atoms with Crippen LogP contribution < -0.4 is 15.9 Å². The van der Waals surface area contributed by atoms with Crippen molar-refractivity contribution in [3.8, 4) is 11.1 Å². The van der Waals surface area contributed by atoms with E-state index in [4.69, 9.17) is 5.21 Å². The van der Waals surface area contributed by atoms with Gasteiger partial charge in [-0.25, -0.2) is 23.9 Å². The summed E-state index contributed by atoms with van der Waals surface area (Å²) >= 11 is 0. The van der Waals surface area contributed by atoms with Gasteiger partial charge in [-0.1, -0.05) is 6.07 Å². The van der Waals surface area contributed by atoms with Gasteiger partial charge >= 0.3 is 0 Å². The van der Waals surface area contributed by atoms with Crippen molar-refractivity contribution >= 4 is 32.5 Å². The molecule has 2 aromatic heterocycles. The minimum Gasteiger partial charge on any atom is -0.347 e. The molecule has 0 saturated carbocycles. The van der Waals surface area contributed by atoms with Crippen LogP contribution in [0.15, 0.2) is 47.7 Å². The zero-order valence-corrected chi connectivity index (χ0v) is 19.0. The maximum Gasteiger partial charge on any atom is 0.264 e. The van der Waals surface area contributed by atoms with Gasteiger partial charge in [-0.05, 0) is 42.5 Å². The summed E-state index contributed by atoms with van der Waals surface area (Å²) in [6.45, 7) is 1.20. The Balaban J connectivity index is 1.92. The number of benzene rings is 1. The third-order valence-corrected chi connectivity index (χ3v) is 7.60. The molecule has 1 aromatic carbocycles. The van der Waals surface area contributed by atoms with Gasteiger partial charge in [0.1, 0.15) is 0 Å². The van der Waals surface area contributed by atoms with Crippen molar-refractivity contribution in [3.05, 3.63) is 53.2 Å². The Hall–Kier alpha value is -3.31. The van der Waals surface area contributed by atoms with Crippen molar-refractivity contribution in [1.29, 1.82) is 0 Å². The third kappa shape index (κ3) is 4.34. The Kier molecular flexibility index (Phi) is 6.33. The molecule has 2 heterocycles. The smallest absolute Gasteiger partial charge is 0.264 e. The van der Waals surface area contributed by atoms with E-state index in [1.165, 1.54) is 17.0 Å². The second-order valence-electron chi connectivity index (χ2n) is 7.98. The molecule has 1 atom stereocenters. The van der Waals surface area contributed by atoms with Crippen LogP contribution in [0.25, 0.3) is 21.9 Å². The lowest BCUT2D eigenvalue weighted by molar-refractivity contribution is -0.131. The number of hydrogen-bond acceptors (Lipinski definition) is 8. The molecule has 2 N–H and O–H groups in total. The molecule has 10 nitrogen and oxygen atoms in total. The molecule has 0 radical (unpaired) electrons. The summed E-state index contributed by atoms with van der Waals surface area (Å²) in [5.74, 6) is -0.450. The van der Waals surface area contributed by atoms with E-state index in [1.54, 1.807) is 41.7 Å². The molecule has 170 valence electrons. The normalized spacial score (nSPS) is 13.5. The van der Waals surface area contributed by atoms with E-state index in [-0.39, 0.29) is 18.5 Å². The van der Waals surface area contributed by atoms with Crippen LogP contribution >= 0.6 is 0 Å². The maximum atomic E-state index is 12.9. The van der Waals surface area contributed by atoms with Gasteiger partial charge in [0, 0.05) is 56.4 Å². The summed E-state index contributed by atoms with van der Waals surface area (Å²) < 4.78 is 23.7. The van der Waals surface area contributed by atoms with E-state index in [9.17, 15) is 18.0 Å². The van der Waals surface area contributed by atoms with Gasteiger partial charge in [0.25, 0.3) is 11.5 Å². The van der Waals surface area contributed by atoms with Crippen molar-refractivity contribution in [2.75, 3.05) is 25.3 Å². The van der Waals surface area contributed by atoms with Crippen LogP contribution in [0.3, 0.4) is 0 Å². The number of pyridine rings is 1. The largest absolute Gasteiger partial charge is 0.347 e. The Morgan fingerprint density at radius 3 is 2.41 bits per heavy atom. The molecule has 3 aromatic rings. The predicted octanol–water partition coefficient (Wildman–Crippen LogP) is 1.22. The van der Waals surface area contributed by atoms with E-state index < -0.39 is 20.5 Å². The summed E-state index contributed by atoms with van der Waals surface area (Å²) in [5.41, 5.74) is 2.75. The minimum absolute atomic E-state index is 0.0205. The summed E-state index contributed by atoms with van der Waals surface area (Å²) in [6.07, 6.45) is 5.71. The number of hydrogen-bond donors (Lipinski definition) is 2. The molecule has 0 aliphatic rings. The first kappa shape index (κ1) is 23.4. The third-order valence-electron chi connectivity index (χ3n) is 5.58. The van der Waals surface area contributed by atoms with Gasteiger partial charge in [-0.2, -0.15) is 0 Å². The molecule has 0 spiro atoms. The SMILES string of the molecule is CN(C)c1ncc(-c2ccc3c(=O)n(CCC(C)(C(=O)NO)S(C)(=O)=O)ccc3c2)cn1. The highest BCUT2D eigenvalue weighted by Gasteiger charge is 2.43. The maximum absolute atomic E-state index is 12.9. The lowest BCUT2D eigenvalue weighted by Gasteiger charge is -2.25. The van der Waals surface area contributed by atoms with Crippen LogP contribution in [-0.4, -0.2) is 59.2 Å². The van der Waals surface area contributed by atoms with E-state index in [0.717, 1.165) is 17.4 Å². The van der Waals surface area contributed by atoms with Crippen molar-refractivity contribution in [1.82, 2.24) is 20.0 Å². The molecule has 11 heteroatoms. The van der Waals surface area contributed by atoms with Crippen molar-refractivity contribution in [2.24, 2.45) is 0 Å². The molecule has 3 rings (SSSR count). The van der Waals surface area contributed by atoms with Gasteiger partial charge in [0.2, 0.25) is 5.95 Å². The first-order valence-corrected chi connectivity index (χ1v) is 11.6. The number of carbonyl (C=O) groups excluding carboxylic acids is 1. The number of sulfone groups is 1. The summed E-state index contributed by atoms with van der Waals surface area (Å²) in [7, 11) is -0.144. The summed E-state index contributed by atoms with van der Waals surface area (Å²) in [5, 5.41) is 10.1. The van der Waals surface area contributed by atoms with Crippen molar-refractivity contribution in [2.45, 2.75) is 24.6 Å². The second-order valence-corrected chi connectivity index (χ2v) is 10.4. The fourth-order valence-electron chi connectivity index (χ4n) is 3.26. The lowest BCUT2D eigenvalue weighted by atomic mass is 10.0. The second kappa shape index (κ2) is 8.67. The van der Waals surface area contributed by atoms with Crippen LogP contribution in [0.4, 0.5) is 5.95 Å². The quantitative estimate of drug-likeness (QED) is 0.398. The van der Waals surface area contributed by atoms with Crippen LogP contribution in [0.1, 0.15) is 13.3 Å². The molecule has 0 saturated heterocycles. The van der Waals surface area contributed by atoms with Gasteiger partial charge in [0.05, 0.1) is 0 Å². The Bertz CT molecular complexity index is 1320. The number of anilines is 1. The van der Waals surface area contributed by atoms with E-state index in [0.29, 0.717) is 16.7 Å². The topological polar surface area (TPSA) is 134 Å². The molecular formula is C21H25N5O5S. The van der Waals surface area contributed by atoms with Gasteiger partial charge in [-0.15, -0.1) is 0 Å². The zero-order chi connectivity index (χ0) is 23.7. The van der Waals surface area contributed by atoms with Crippen LogP contribution in [0.2, 0.25) is 0 Å². The average molecular weight is 460 g/mol. The predicted molar refractivity (Wildman–Crippen MR) is 121 cm³/mol. The average Bonchev–Trinajstić information content (AvgIpc) is 2.76. The summed E-state index contributed by atoms with van der Waals surface area (Å²) in [6, 6.07) is 7.09. The fraction of sp³-hybridized carbons (Fsp3) is 0.333. The number of rotatable bonds is 7. The lowest BCUT2D eigenvalue weighted by Crippen LogP contribution is -2.49. The van der Waals surface area contributed by atoms with Crippen LogP contribution in [0, 0.1) is 0 Å². The molecule has 1 unspecified atom stereocenters. The Labute approximate surface area is 185 Å². The standard InChI is InChI=1S/C21H25N5O5S/c1-21(19(28)24-29,32(4,30)31)8-10-26-9-7-15-11-14(5-6-17(15)18(26)27)16-12-22-20(23-13-16)25(2)3/h5-7,9,11-13,29H,8,10H2,1-4H3,(H,24,28). The van der Waals surface area contributed by atoms with E-state index in [2.05, 4.69) is 9.97 Å². The number of nitrogens with one attached hydrogen (secondary N) is 1. The first-order chi connectivity index (χ1) is 15.0. The molecule has 32 heavy (non-hydrogen) atoms. The molecule has 0 bridgehead atoms. The van der Waals surface area contributed by atoms with E-state index in [1.807, 2.05) is 20.2 Å². The number of fused-ring (bicyclic) bond motifs is 1. The highest BCUT2D eigenvalue weighted by atomic mass is 32.2. The molecule has 0 fully saturated rings. The monoisotopic (exact) mass is 459 g/mol.